The molecule has 0 N–H and O–H groups in total. The Morgan fingerprint density at radius 1 is 0.897 bits per heavy atom. The van der Waals surface area contributed by atoms with Crippen LogP contribution in [-0.4, -0.2) is 30.2 Å². The number of rotatable bonds is 5. The molecule has 0 saturated heterocycles. The molecule has 29 heavy (non-hydrogen) atoms. The van der Waals surface area contributed by atoms with Gasteiger partial charge in [0.1, 0.15) is 0 Å². The number of nitrogens with zero attached hydrogens (tertiary/aromatic N) is 2. The standard InChI is InChI=1S/C23H20N2O4/c1-14(26)29-23(16-6-7-19-15(11-16)5-4-9-24-19)17-8-10-25-20-13-22(28-3)21(27-2)12-18(17)20/h4-13,23H,1-3H3. The molecular weight excluding hydrogens is 368 g/mol. The molecule has 0 fully saturated rings. The number of carbonyl (C=O) groups is 1. The van der Waals surface area contributed by atoms with Crippen LogP contribution in [0.1, 0.15) is 24.2 Å². The zero-order valence-electron chi connectivity index (χ0n) is 16.4. The normalized spacial score (nSPS) is 12.0. The third-order valence-electron chi connectivity index (χ3n) is 4.78. The van der Waals surface area contributed by atoms with Crippen LogP contribution in [0.2, 0.25) is 0 Å². The van der Waals surface area contributed by atoms with Crippen LogP contribution in [-0.2, 0) is 9.53 Å². The van der Waals surface area contributed by atoms with Crippen LogP contribution in [0.4, 0.5) is 0 Å². The van der Waals surface area contributed by atoms with Gasteiger partial charge in [-0.25, -0.2) is 0 Å². The van der Waals surface area contributed by atoms with Crippen LogP contribution in [0, 0.1) is 0 Å². The van der Waals surface area contributed by atoms with Crippen molar-refractivity contribution in [2.75, 3.05) is 14.2 Å². The maximum Gasteiger partial charge on any atom is 0.303 e. The number of pyridine rings is 2. The lowest BCUT2D eigenvalue weighted by molar-refractivity contribution is -0.144. The number of carbonyl (C=O) groups excluding carboxylic acids is 1. The Labute approximate surface area is 168 Å². The molecule has 0 bridgehead atoms. The Hall–Kier alpha value is -3.67. The molecule has 4 rings (SSSR count). The number of esters is 1. The van der Waals surface area contributed by atoms with Crippen molar-refractivity contribution in [3.05, 3.63) is 72.1 Å². The average Bonchev–Trinajstić information content (AvgIpc) is 2.75. The summed E-state index contributed by atoms with van der Waals surface area (Å²) in [5.41, 5.74) is 3.26. The molecule has 6 heteroatoms. The van der Waals surface area contributed by atoms with Crippen LogP contribution >= 0.6 is 0 Å². The maximum absolute atomic E-state index is 11.9. The van der Waals surface area contributed by atoms with Gasteiger partial charge < -0.3 is 14.2 Å². The molecule has 0 amide bonds. The Bertz CT molecular complexity index is 1210. The first-order valence-corrected chi connectivity index (χ1v) is 9.13. The largest absolute Gasteiger partial charge is 0.493 e. The second-order valence-electron chi connectivity index (χ2n) is 6.57. The van der Waals surface area contributed by atoms with Gasteiger partial charge in [-0.3, -0.25) is 14.8 Å². The van der Waals surface area contributed by atoms with E-state index >= 15 is 0 Å². The third-order valence-corrected chi connectivity index (χ3v) is 4.78. The molecule has 0 aliphatic rings. The van der Waals surface area contributed by atoms with E-state index < -0.39 is 6.10 Å². The number of aromatic nitrogens is 2. The monoisotopic (exact) mass is 388 g/mol. The van der Waals surface area contributed by atoms with Crippen LogP contribution < -0.4 is 9.47 Å². The minimum atomic E-state index is -0.597. The van der Waals surface area contributed by atoms with E-state index in [1.54, 1.807) is 26.6 Å². The molecule has 2 aromatic carbocycles. The molecular formula is C23H20N2O4. The van der Waals surface area contributed by atoms with E-state index in [2.05, 4.69) is 9.97 Å². The van der Waals surface area contributed by atoms with Crippen molar-refractivity contribution in [1.82, 2.24) is 9.97 Å². The zero-order chi connectivity index (χ0) is 20.4. The van der Waals surface area contributed by atoms with Gasteiger partial charge >= 0.3 is 5.97 Å². The lowest BCUT2D eigenvalue weighted by Gasteiger charge is -2.20. The summed E-state index contributed by atoms with van der Waals surface area (Å²) in [6, 6.07) is 15.2. The van der Waals surface area contributed by atoms with Crippen molar-refractivity contribution < 1.29 is 19.0 Å². The van der Waals surface area contributed by atoms with Crippen molar-refractivity contribution in [1.29, 1.82) is 0 Å². The summed E-state index contributed by atoms with van der Waals surface area (Å²) in [7, 11) is 3.16. The number of benzene rings is 2. The highest BCUT2D eigenvalue weighted by Gasteiger charge is 2.22. The van der Waals surface area contributed by atoms with Gasteiger partial charge in [0.2, 0.25) is 0 Å². The van der Waals surface area contributed by atoms with Crippen molar-refractivity contribution >= 4 is 27.8 Å². The fourth-order valence-corrected chi connectivity index (χ4v) is 3.46. The van der Waals surface area contributed by atoms with E-state index in [1.807, 2.05) is 48.5 Å². The first-order chi connectivity index (χ1) is 14.1. The SMILES string of the molecule is COc1cc2nccc(C(OC(C)=O)c3ccc4ncccc4c3)c2cc1OC. The Morgan fingerprint density at radius 3 is 2.41 bits per heavy atom. The summed E-state index contributed by atoms with van der Waals surface area (Å²) < 4.78 is 16.6. The van der Waals surface area contributed by atoms with E-state index in [0.29, 0.717) is 11.5 Å². The van der Waals surface area contributed by atoms with E-state index in [9.17, 15) is 4.79 Å². The van der Waals surface area contributed by atoms with Gasteiger partial charge in [-0.15, -0.1) is 0 Å². The number of fused-ring (bicyclic) bond motifs is 2. The molecule has 0 aliphatic heterocycles. The van der Waals surface area contributed by atoms with E-state index in [0.717, 1.165) is 32.9 Å². The third kappa shape index (κ3) is 3.57. The van der Waals surface area contributed by atoms with E-state index in [4.69, 9.17) is 14.2 Å². The predicted octanol–water partition coefficient (Wildman–Crippen LogP) is 4.45. The van der Waals surface area contributed by atoms with Gasteiger partial charge in [-0.1, -0.05) is 12.1 Å². The summed E-state index contributed by atoms with van der Waals surface area (Å²) in [6.45, 7) is 1.41. The molecule has 2 aromatic heterocycles. The van der Waals surface area contributed by atoms with E-state index in [-0.39, 0.29) is 5.97 Å². The van der Waals surface area contributed by atoms with Crippen molar-refractivity contribution in [2.24, 2.45) is 0 Å². The molecule has 0 aliphatic carbocycles. The Morgan fingerprint density at radius 2 is 1.66 bits per heavy atom. The fraction of sp³-hybridized carbons (Fsp3) is 0.174. The zero-order valence-corrected chi connectivity index (χ0v) is 16.4. The summed E-state index contributed by atoms with van der Waals surface area (Å²) in [5, 5.41) is 1.79. The molecule has 4 aromatic rings. The quantitative estimate of drug-likeness (QED) is 0.470. The Kier molecular flexibility index (Phi) is 4.99. The number of hydrogen-bond donors (Lipinski definition) is 0. The molecule has 2 heterocycles. The fourth-order valence-electron chi connectivity index (χ4n) is 3.46. The molecule has 1 unspecified atom stereocenters. The van der Waals surface area contributed by atoms with E-state index in [1.165, 1.54) is 6.92 Å². The molecule has 1 atom stereocenters. The van der Waals surface area contributed by atoms with Crippen LogP contribution in [0.3, 0.4) is 0 Å². The smallest absolute Gasteiger partial charge is 0.303 e. The lowest BCUT2D eigenvalue weighted by Crippen LogP contribution is -2.11. The van der Waals surface area contributed by atoms with Crippen LogP contribution in [0.15, 0.2) is 60.9 Å². The second kappa shape index (κ2) is 7.75. The molecule has 0 spiro atoms. The number of hydrogen-bond acceptors (Lipinski definition) is 6. The number of ether oxygens (including phenoxy) is 3. The molecule has 0 radical (unpaired) electrons. The summed E-state index contributed by atoms with van der Waals surface area (Å²) in [4.78, 5) is 20.7. The summed E-state index contributed by atoms with van der Waals surface area (Å²) >= 11 is 0. The Balaban J connectivity index is 1.92. The molecule has 0 saturated carbocycles. The first-order valence-electron chi connectivity index (χ1n) is 9.13. The van der Waals surface area contributed by atoms with Crippen molar-refractivity contribution in [2.45, 2.75) is 13.0 Å². The summed E-state index contributed by atoms with van der Waals surface area (Å²) in [5.74, 6) is 0.802. The molecule has 6 nitrogen and oxygen atoms in total. The highest BCUT2D eigenvalue weighted by atomic mass is 16.5. The first kappa shape index (κ1) is 18.7. The van der Waals surface area contributed by atoms with Crippen LogP contribution in [0.5, 0.6) is 11.5 Å². The van der Waals surface area contributed by atoms with Crippen LogP contribution in [0.25, 0.3) is 21.8 Å². The topological polar surface area (TPSA) is 70.5 Å². The van der Waals surface area contributed by atoms with Gasteiger partial charge in [0.25, 0.3) is 0 Å². The van der Waals surface area contributed by atoms with Crippen molar-refractivity contribution in [3.8, 4) is 11.5 Å². The van der Waals surface area contributed by atoms with Gasteiger partial charge in [0.05, 0.1) is 25.3 Å². The highest BCUT2D eigenvalue weighted by Crippen LogP contribution is 2.37. The van der Waals surface area contributed by atoms with Crippen molar-refractivity contribution in [3.63, 3.8) is 0 Å². The average molecular weight is 388 g/mol. The minimum absolute atomic E-state index is 0.369. The van der Waals surface area contributed by atoms with Gasteiger partial charge in [-0.05, 0) is 35.9 Å². The van der Waals surface area contributed by atoms with Gasteiger partial charge in [0, 0.05) is 41.7 Å². The number of methoxy groups -OCH3 is 2. The highest BCUT2D eigenvalue weighted by molar-refractivity contribution is 5.87. The maximum atomic E-state index is 11.9. The van der Waals surface area contributed by atoms with Gasteiger partial charge in [-0.2, -0.15) is 0 Å². The lowest BCUT2D eigenvalue weighted by atomic mass is 9.96. The second-order valence-corrected chi connectivity index (χ2v) is 6.57. The minimum Gasteiger partial charge on any atom is -0.493 e. The molecule has 146 valence electrons. The predicted molar refractivity (Wildman–Crippen MR) is 110 cm³/mol. The van der Waals surface area contributed by atoms with Gasteiger partial charge in [0.15, 0.2) is 17.6 Å². The summed E-state index contributed by atoms with van der Waals surface area (Å²) in [6.07, 6.45) is 2.85.